The number of nitrogens with two attached hydrogens (primary N) is 1. The van der Waals surface area contributed by atoms with Gasteiger partial charge in [-0.3, -0.25) is 33.5 Å². The van der Waals surface area contributed by atoms with Crippen LogP contribution in [0.5, 0.6) is 0 Å². The zero-order valence-corrected chi connectivity index (χ0v) is 36.2. The number of nitrogens with one attached hydrogen (secondary N) is 2. The minimum absolute atomic E-state index is 0.00881. The number of para-hydroxylation sites is 1. The van der Waals surface area contributed by atoms with Gasteiger partial charge in [0.05, 0.1) is 41.6 Å². The monoisotopic (exact) mass is 906 g/mol. The zero-order valence-electron chi connectivity index (χ0n) is 36.2. The van der Waals surface area contributed by atoms with E-state index in [1.807, 2.05) is 18.2 Å². The van der Waals surface area contributed by atoms with Gasteiger partial charge in [-0.1, -0.05) is 12.1 Å². The summed E-state index contributed by atoms with van der Waals surface area (Å²) in [5, 5.41) is 13.3. The SMILES string of the molecule is Cn1c(=O)n(C2CCC(=O)NC2=O)c2cccc(CCCOC3CCN(C[C@H]4CC[C@H](n5cc(NC(=O)c6cnn7ccc(N8C[C@H](N)CC(F)(F)C8)nc67)c(C(F)F)n5)CC4)CC3)c21. The molecule has 2 atom stereocenters. The Labute approximate surface area is 371 Å². The number of carbonyl (C=O) groups is 3. The van der Waals surface area contributed by atoms with Crippen molar-refractivity contribution < 1.29 is 36.7 Å². The molecule has 0 radical (unpaired) electrons. The number of benzene rings is 1. The van der Waals surface area contributed by atoms with Crippen molar-refractivity contribution in [2.75, 3.05) is 49.5 Å². The summed E-state index contributed by atoms with van der Waals surface area (Å²) in [4.78, 5) is 59.4. The maximum atomic E-state index is 14.3. The molecule has 17 nitrogen and oxygen atoms in total. The van der Waals surface area contributed by atoms with E-state index in [-0.39, 0.29) is 65.8 Å². The second-order valence-corrected chi connectivity index (χ2v) is 18.1. The molecule has 1 unspecified atom stereocenters. The van der Waals surface area contributed by atoms with Crippen molar-refractivity contribution in [3.8, 4) is 0 Å². The van der Waals surface area contributed by atoms with Crippen molar-refractivity contribution in [2.45, 2.75) is 107 Å². The summed E-state index contributed by atoms with van der Waals surface area (Å²) >= 11 is 0. The fourth-order valence-electron chi connectivity index (χ4n) is 10.2. The Morgan fingerprint density at radius 1 is 1.06 bits per heavy atom. The molecule has 4 fully saturated rings. The molecule has 21 heteroatoms. The lowest BCUT2D eigenvalue weighted by molar-refractivity contribution is -0.135. The number of ether oxygens (including phenoxy) is 1. The minimum Gasteiger partial charge on any atom is -0.378 e. The Morgan fingerprint density at radius 2 is 1.85 bits per heavy atom. The standard InChI is InChI=1S/C44H54F4N12O5/c1-55-38-27(4-2-6-33(38)60(43(55)64)34-11-12-36(61)53-42(34)63)5-3-19-65-30-13-16-56(17-14-30)22-26-7-9-29(10-8-26)59-24-32(37(54-59)39(45)46)51-41(62)31-21-50-58-18-15-35(52-40(31)58)57-23-28(49)20-44(47,48)25-57/h2,4,6,15,18,21,24,26,28-30,34,39H,3,5,7-14,16-17,19-20,22-23,25,49H2,1H3,(H,51,62)(H,53,61,63)/t26-,28-,29-,34?/m1/s1. The van der Waals surface area contributed by atoms with E-state index in [9.17, 15) is 36.7 Å². The van der Waals surface area contributed by atoms with Gasteiger partial charge in [0.2, 0.25) is 11.8 Å². The van der Waals surface area contributed by atoms with Crippen LogP contribution in [0.15, 0.2) is 47.7 Å². The van der Waals surface area contributed by atoms with Crippen LogP contribution in [0.1, 0.15) is 104 Å². The van der Waals surface area contributed by atoms with E-state index in [0.717, 1.165) is 75.7 Å². The molecule has 4 aromatic heterocycles. The molecule has 3 saturated heterocycles. The number of amides is 3. The van der Waals surface area contributed by atoms with Crippen LogP contribution < -0.4 is 27.0 Å². The number of nitrogens with zero attached hydrogens (tertiary/aromatic N) is 9. The summed E-state index contributed by atoms with van der Waals surface area (Å²) in [5.41, 5.74) is 7.49. The number of hydrogen-bond donors (Lipinski definition) is 3. The lowest BCUT2D eigenvalue weighted by Crippen LogP contribution is -2.52. The molecule has 1 saturated carbocycles. The van der Waals surface area contributed by atoms with Crippen molar-refractivity contribution in [2.24, 2.45) is 18.7 Å². The van der Waals surface area contributed by atoms with E-state index < -0.39 is 54.9 Å². The van der Waals surface area contributed by atoms with Gasteiger partial charge < -0.3 is 25.6 Å². The van der Waals surface area contributed by atoms with E-state index in [1.165, 1.54) is 38.6 Å². The van der Waals surface area contributed by atoms with Gasteiger partial charge in [-0.2, -0.15) is 10.2 Å². The van der Waals surface area contributed by atoms with Gasteiger partial charge in [-0.05, 0) is 81.4 Å². The van der Waals surface area contributed by atoms with E-state index >= 15 is 0 Å². The summed E-state index contributed by atoms with van der Waals surface area (Å²) in [5.74, 6) is -3.85. The number of alkyl halides is 4. The van der Waals surface area contributed by atoms with Gasteiger partial charge >= 0.3 is 5.69 Å². The average molecular weight is 907 g/mol. The van der Waals surface area contributed by atoms with E-state index in [0.29, 0.717) is 24.5 Å². The van der Waals surface area contributed by atoms with Crippen molar-refractivity contribution in [3.63, 3.8) is 0 Å². The first-order valence-corrected chi connectivity index (χ1v) is 22.5. The molecule has 1 aromatic carbocycles. The maximum Gasteiger partial charge on any atom is 0.329 e. The number of imide groups is 1. The summed E-state index contributed by atoms with van der Waals surface area (Å²) in [6.07, 6.45) is 8.12. The quantitative estimate of drug-likeness (QED) is 0.0839. The van der Waals surface area contributed by atoms with Crippen molar-refractivity contribution in [1.82, 2.24) is 43.7 Å². The molecule has 1 aliphatic carbocycles. The minimum atomic E-state index is -3.00. The molecule has 4 aliphatic rings. The molecule has 3 amide bonds. The maximum absolute atomic E-state index is 14.3. The lowest BCUT2D eigenvalue weighted by Gasteiger charge is -2.36. The number of imidazole rings is 1. The van der Waals surface area contributed by atoms with Gasteiger partial charge in [0.15, 0.2) is 11.3 Å². The zero-order chi connectivity index (χ0) is 45.6. The predicted molar refractivity (Wildman–Crippen MR) is 231 cm³/mol. The number of aryl methyl sites for hydroxylation is 2. The normalized spacial score (nSPS) is 23.5. The number of piperidine rings is 3. The highest BCUT2D eigenvalue weighted by Crippen LogP contribution is 2.36. The smallest absolute Gasteiger partial charge is 0.329 e. The molecule has 65 heavy (non-hydrogen) atoms. The first-order valence-electron chi connectivity index (χ1n) is 22.5. The van der Waals surface area contributed by atoms with Crippen LogP contribution in [0.4, 0.5) is 29.1 Å². The molecule has 5 aromatic rings. The third-order valence-electron chi connectivity index (χ3n) is 13.5. The van der Waals surface area contributed by atoms with E-state index in [1.54, 1.807) is 16.3 Å². The third kappa shape index (κ3) is 9.40. The second kappa shape index (κ2) is 18.3. The van der Waals surface area contributed by atoms with Crippen LogP contribution in [0.25, 0.3) is 16.7 Å². The lowest BCUT2D eigenvalue weighted by atomic mass is 9.85. The molecule has 9 rings (SSSR count). The van der Waals surface area contributed by atoms with E-state index in [2.05, 4.69) is 30.7 Å². The highest BCUT2D eigenvalue weighted by Gasteiger charge is 2.40. The van der Waals surface area contributed by atoms with Gasteiger partial charge in [-0.15, -0.1) is 0 Å². The molecular weight excluding hydrogens is 853 g/mol. The van der Waals surface area contributed by atoms with Crippen LogP contribution in [-0.2, 0) is 27.8 Å². The van der Waals surface area contributed by atoms with Gasteiger partial charge in [0.25, 0.3) is 18.3 Å². The first kappa shape index (κ1) is 44.5. The Kier molecular flexibility index (Phi) is 12.5. The number of fused-ring (bicyclic) bond motifs is 2. The number of anilines is 2. The van der Waals surface area contributed by atoms with Crippen molar-refractivity contribution >= 4 is 45.9 Å². The number of carbonyl (C=O) groups excluding carboxylic acids is 3. The third-order valence-corrected chi connectivity index (χ3v) is 13.5. The fourth-order valence-corrected chi connectivity index (χ4v) is 10.2. The molecule has 7 heterocycles. The highest BCUT2D eigenvalue weighted by molar-refractivity contribution is 6.08. The van der Waals surface area contributed by atoms with Crippen molar-refractivity contribution in [1.29, 1.82) is 0 Å². The van der Waals surface area contributed by atoms with Gasteiger partial charge in [-0.25, -0.2) is 31.9 Å². The Hall–Kier alpha value is -5.67. The summed E-state index contributed by atoms with van der Waals surface area (Å²) < 4.78 is 69.4. The molecule has 3 aliphatic heterocycles. The number of halogens is 4. The molecular formula is C44H54F4N12O5. The largest absolute Gasteiger partial charge is 0.378 e. The summed E-state index contributed by atoms with van der Waals surface area (Å²) in [6, 6.07) is 5.66. The van der Waals surface area contributed by atoms with Gasteiger partial charge in [0.1, 0.15) is 17.4 Å². The number of likely N-dealkylation sites (tertiary alicyclic amines) is 1. The topological polar surface area (TPSA) is 192 Å². The Morgan fingerprint density at radius 3 is 2.58 bits per heavy atom. The van der Waals surface area contributed by atoms with E-state index in [4.69, 9.17) is 10.5 Å². The van der Waals surface area contributed by atoms with Crippen LogP contribution in [0.3, 0.4) is 0 Å². The molecule has 0 spiro atoms. The van der Waals surface area contributed by atoms with Crippen LogP contribution >= 0.6 is 0 Å². The Balaban J connectivity index is 0.735. The van der Waals surface area contributed by atoms with Crippen LogP contribution in [-0.4, -0.2) is 114 Å². The predicted octanol–water partition coefficient (Wildman–Crippen LogP) is 4.76. The molecule has 0 bridgehead atoms. The fraction of sp³-hybridized carbons (Fsp3) is 0.568. The number of aromatic nitrogens is 7. The van der Waals surface area contributed by atoms with Crippen molar-refractivity contribution in [3.05, 3.63) is 70.2 Å². The first-order chi connectivity index (χ1) is 31.2. The Bertz CT molecular complexity index is 2630. The second-order valence-electron chi connectivity index (χ2n) is 18.1. The van der Waals surface area contributed by atoms with Gasteiger partial charge in [0, 0.05) is 71.1 Å². The van der Waals surface area contributed by atoms with Crippen LogP contribution in [0, 0.1) is 5.92 Å². The summed E-state index contributed by atoms with van der Waals surface area (Å²) in [7, 11) is 1.71. The molecule has 348 valence electrons. The average Bonchev–Trinajstić information content (AvgIpc) is 3.97. The highest BCUT2D eigenvalue weighted by atomic mass is 19.3. The summed E-state index contributed by atoms with van der Waals surface area (Å²) in [6.45, 7) is 2.96. The number of rotatable bonds is 13. The number of hydrogen-bond acceptors (Lipinski definition) is 11. The van der Waals surface area contributed by atoms with Crippen LogP contribution in [0.2, 0.25) is 0 Å². The molecule has 4 N–H and O–H groups in total.